The minimum Gasteiger partial charge on any atom is -0.481 e. The van der Waals surface area contributed by atoms with Crippen molar-refractivity contribution in [3.63, 3.8) is 0 Å². The van der Waals surface area contributed by atoms with E-state index in [-0.39, 0.29) is 5.91 Å². The fourth-order valence-corrected chi connectivity index (χ4v) is 3.37. The summed E-state index contributed by atoms with van der Waals surface area (Å²) in [5.41, 5.74) is 2.82. The van der Waals surface area contributed by atoms with Gasteiger partial charge in [-0.05, 0) is 49.7 Å². The third-order valence-electron chi connectivity index (χ3n) is 4.85. The molecule has 1 heterocycles. The average Bonchev–Trinajstić information content (AvgIpc) is 2.63. The molecule has 144 valence electrons. The first kappa shape index (κ1) is 19.5. The van der Waals surface area contributed by atoms with Gasteiger partial charge in [-0.15, -0.1) is 0 Å². The molecule has 0 aliphatic carbocycles. The highest BCUT2D eigenvalue weighted by molar-refractivity contribution is 6.31. The SMILES string of the molecule is Cc1cccc(O[C@@H](C)C(=O)Nc2cc(Cl)ccc2N2CC[NH+](C)CC2)c1. The number of hydrogen-bond acceptors (Lipinski definition) is 3. The molecular formula is C21H27ClN3O2+. The van der Waals surface area contributed by atoms with Crippen LogP contribution in [-0.2, 0) is 4.79 Å². The van der Waals surface area contributed by atoms with Crippen LogP contribution < -0.4 is 19.9 Å². The number of piperazine rings is 1. The molecule has 2 N–H and O–H groups in total. The normalized spacial score (nSPS) is 16.1. The minimum absolute atomic E-state index is 0.195. The third kappa shape index (κ3) is 5.15. The maximum absolute atomic E-state index is 12.7. The predicted octanol–water partition coefficient (Wildman–Crippen LogP) is 2.39. The minimum atomic E-state index is -0.615. The molecule has 1 atom stereocenters. The molecule has 1 aliphatic rings. The average molecular weight is 389 g/mol. The molecule has 0 aromatic heterocycles. The van der Waals surface area contributed by atoms with Crippen LogP contribution >= 0.6 is 11.6 Å². The Morgan fingerprint density at radius 2 is 1.96 bits per heavy atom. The first-order valence-electron chi connectivity index (χ1n) is 9.32. The Morgan fingerprint density at radius 1 is 1.22 bits per heavy atom. The van der Waals surface area contributed by atoms with Crippen LogP contribution in [0.3, 0.4) is 0 Å². The first-order valence-corrected chi connectivity index (χ1v) is 9.70. The molecule has 0 saturated carbocycles. The molecule has 2 aromatic rings. The van der Waals surface area contributed by atoms with E-state index in [1.54, 1.807) is 13.0 Å². The second kappa shape index (κ2) is 8.63. The topological polar surface area (TPSA) is 46.0 Å². The number of halogens is 1. The van der Waals surface area contributed by atoms with Gasteiger partial charge in [-0.2, -0.15) is 0 Å². The van der Waals surface area contributed by atoms with E-state index in [1.165, 1.54) is 4.90 Å². The van der Waals surface area contributed by atoms with Gasteiger partial charge in [0.15, 0.2) is 6.10 Å². The van der Waals surface area contributed by atoms with Gasteiger partial charge < -0.3 is 19.9 Å². The highest BCUT2D eigenvalue weighted by Crippen LogP contribution is 2.29. The van der Waals surface area contributed by atoms with Crippen molar-refractivity contribution < 1.29 is 14.4 Å². The van der Waals surface area contributed by atoms with Crippen molar-refractivity contribution in [1.29, 1.82) is 0 Å². The zero-order valence-electron chi connectivity index (χ0n) is 16.1. The van der Waals surface area contributed by atoms with E-state index >= 15 is 0 Å². The number of rotatable bonds is 5. The van der Waals surface area contributed by atoms with Crippen LogP contribution in [-0.4, -0.2) is 45.2 Å². The number of benzene rings is 2. The number of hydrogen-bond donors (Lipinski definition) is 2. The molecule has 6 heteroatoms. The number of aryl methyl sites for hydroxylation is 1. The standard InChI is InChI=1S/C21H26ClN3O2/c1-15-5-4-6-18(13-15)27-16(2)21(26)23-19-14-17(22)7-8-20(19)25-11-9-24(3)10-12-25/h4-8,13-14,16H,9-12H2,1-3H3,(H,23,26)/p+1/t16-/m0/s1. The Labute approximate surface area is 165 Å². The highest BCUT2D eigenvalue weighted by Gasteiger charge is 2.22. The maximum Gasteiger partial charge on any atom is 0.265 e. The Kier molecular flexibility index (Phi) is 6.24. The van der Waals surface area contributed by atoms with Crippen LogP contribution in [0.25, 0.3) is 0 Å². The predicted molar refractivity (Wildman–Crippen MR) is 110 cm³/mol. The molecule has 0 radical (unpaired) electrons. The molecule has 0 bridgehead atoms. The van der Waals surface area contributed by atoms with E-state index in [0.717, 1.165) is 43.1 Å². The number of likely N-dealkylation sites (N-methyl/N-ethyl adjacent to an activating group) is 1. The first-order chi connectivity index (χ1) is 12.9. The Morgan fingerprint density at radius 3 is 2.67 bits per heavy atom. The van der Waals surface area contributed by atoms with E-state index in [4.69, 9.17) is 16.3 Å². The van der Waals surface area contributed by atoms with Crippen molar-refractivity contribution >= 4 is 28.9 Å². The molecule has 0 spiro atoms. The van der Waals surface area contributed by atoms with E-state index < -0.39 is 6.10 Å². The van der Waals surface area contributed by atoms with Gasteiger partial charge in [0.2, 0.25) is 0 Å². The van der Waals surface area contributed by atoms with E-state index in [0.29, 0.717) is 10.8 Å². The van der Waals surface area contributed by atoms with Crippen molar-refractivity contribution in [2.45, 2.75) is 20.0 Å². The quantitative estimate of drug-likeness (QED) is 0.826. The van der Waals surface area contributed by atoms with Crippen molar-refractivity contribution in [2.24, 2.45) is 0 Å². The zero-order valence-corrected chi connectivity index (χ0v) is 16.8. The number of nitrogens with zero attached hydrogens (tertiary/aromatic N) is 1. The molecule has 1 aliphatic heterocycles. The van der Waals surface area contributed by atoms with Crippen LogP contribution in [0.5, 0.6) is 5.75 Å². The van der Waals surface area contributed by atoms with E-state index in [2.05, 4.69) is 17.3 Å². The lowest BCUT2D eigenvalue weighted by atomic mass is 10.2. The van der Waals surface area contributed by atoms with Crippen molar-refractivity contribution in [3.05, 3.63) is 53.1 Å². The number of amides is 1. The molecule has 1 saturated heterocycles. The van der Waals surface area contributed by atoms with Gasteiger partial charge in [0.1, 0.15) is 5.75 Å². The molecule has 1 fully saturated rings. The van der Waals surface area contributed by atoms with Crippen LogP contribution in [0.4, 0.5) is 11.4 Å². The molecule has 1 amide bonds. The van der Waals surface area contributed by atoms with Crippen LogP contribution in [0.15, 0.2) is 42.5 Å². The van der Waals surface area contributed by atoms with Gasteiger partial charge in [-0.3, -0.25) is 4.79 Å². The largest absolute Gasteiger partial charge is 0.481 e. The molecule has 27 heavy (non-hydrogen) atoms. The summed E-state index contributed by atoms with van der Waals surface area (Å²) in [5.74, 6) is 0.491. The second-order valence-electron chi connectivity index (χ2n) is 7.17. The Balaban J connectivity index is 1.72. The van der Waals surface area contributed by atoms with E-state index in [9.17, 15) is 4.79 Å². The fourth-order valence-electron chi connectivity index (χ4n) is 3.19. The second-order valence-corrected chi connectivity index (χ2v) is 7.61. The van der Waals surface area contributed by atoms with Gasteiger partial charge in [0.05, 0.1) is 44.6 Å². The van der Waals surface area contributed by atoms with Crippen molar-refractivity contribution in [1.82, 2.24) is 0 Å². The number of anilines is 2. The van der Waals surface area contributed by atoms with E-state index in [1.807, 2.05) is 43.3 Å². The van der Waals surface area contributed by atoms with Gasteiger partial charge >= 0.3 is 0 Å². The van der Waals surface area contributed by atoms with Crippen molar-refractivity contribution in [3.8, 4) is 5.75 Å². The smallest absolute Gasteiger partial charge is 0.265 e. The monoisotopic (exact) mass is 388 g/mol. The molecule has 0 unspecified atom stereocenters. The molecular weight excluding hydrogens is 362 g/mol. The number of ether oxygens (including phenoxy) is 1. The third-order valence-corrected chi connectivity index (χ3v) is 5.08. The highest BCUT2D eigenvalue weighted by atomic mass is 35.5. The van der Waals surface area contributed by atoms with Crippen LogP contribution in [0.1, 0.15) is 12.5 Å². The summed E-state index contributed by atoms with van der Waals surface area (Å²) in [7, 11) is 2.20. The summed E-state index contributed by atoms with van der Waals surface area (Å²) in [6, 6.07) is 13.3. The van der Waals surface area contributed by atoms with Gasteiger partial charge in [0, 0.05) is 5.02 Å². The number of carbonyl (C=O) groups excluding carboxylic acids is 1. The maximum atomic E-state index is 12.7. The Hall–Kier alpha value is -2.24. The molecule has 3 rings (SSSR count). The summed E-state index contributed by atoms with van der Waals surface area (Å²) >= 11 is 6.18. The summed E-state index contributed by atoms with van der Waals surface area (Å²) in [6.45, 7) is 7.79. The number of carbonyl (C=O) groups is 1. The zero-order chi connectivity index (χ0) is 19.4. The number of quaternary nitrogens is 1. The summed E-state index contributed by atoms with van der Waals surface area (Å²) < 4.78 is 5.80. The summed E-state index contributed by atoms with van der Waals surface area (Å²) in [6.07, 6.45) is -0.615. The lowest BCUT2D eigenvalue weighted by molar-refractivity contribution is -0.880. The van der Waals surface area contributed by atoms with Gasteiger partial charge in [-0.1, -0.05) is 23.7 Å². The fraction of sp³-hybridized carbons (Fsp3) is 0.381. The van der Waals surface area contributed by atoms with Crippen LogP contribution in [0, 0.1) is 6.92 Å². The van der Waals surface area contributed by atoms with Crippen LogP contribution in [0.2, 0.25) is 5.02 Å². The Bertz CT molecular complexity index is 804. The van der Waals surface area contributed by atoms with Crippen molar-refractivity contribution in [2.75, 3.05) is 43.4 Å². The van der Waals surface area contributed by atoms with Gasteiger partial charge in [0.25, 0.3) is 5.91 Å². The lowest BCUT2D eigenvalue weighted by Crippen LogP contribution is -3.12. The summed E-state index contributed by atoms with van der Waals surface area (Å²) in [4.78, 5) is 16.5. The molecule has 2 aromatic carbocycles. The summed E-state index contributed by atoms with van der Waals surface area (Å²) in [5, 5.41) is 3.60. The number of nitrogens with one attached hydrogen (secondary N) is 2. The lowest BCUT2D eigenvalue weighted by Gasteiger charge is -2.33. The van der Waals surface area contributed by atoms with Gasteiger partial charge in [-0.25, -0.2) is 0 Å². The molecule has 5 nitrogen and oxygen atoms in total.